The zero-order valence-electron chi connectivity index (χ0n) is 39.2. The number of nitrogens with zero attached hydrogens (tertiary/aromatic N) is 4. The molecule has 6 rings (SSSR count). The van der Waals surface area contributed by atoms with Crippen molar-refractivity contribution >= 4 is 19.6 Å². The Morgan fingerprint density at radius 2 is 0.729 bits per heavy atom. The van der Waals surface area contributed by atoms with Crippen molar-refractivity contribution in [2.45, 2.75) is 158 Å². The lowest BCUT2D eigenvalue weighted by atomic mass is 9.92. The Hall–Kier alpha value is -4.27. The second-order valence-electron chi connectivity index (χ2n) is 19.4. The van der Waals surface area contributed by atoms with Crippen molar-refractivity contribution in [1.82, 2.24) is 9.13 Å². The molecule has 0 saturated heterocycles. The summed E-state index contributed by atoms with van der Waals surface area (Å²) in [6, 6.07) is 27.9. The third kappa shape index (κ3) is 8.68. The molecule has 0 bridgehead atoms. The molecule has 1 atom stereocenters. The van der Waals surface area contributed by atoms with Gasteiger partial charge in [0, 0.05) is 44.5 Å². The highest BCUT2D eigenvalue weighted by Gasteiger charge is 2.38. The summed E-state index contributed by atoms with van der Waals surface area (Å²) in [5.41, 5.74) is 19.2. The van der Waals surface area contributed by atoms with Crippen LogP contribution in [0.2, 0.25) is 0 Å². The summed E-state index contributed by atoms with van der Waals surface area (Å²) >= 11 is 0. The van der Waals surface area contributed by atoms with Gasteiger partial charge in [-0.25, -0.2) is 0 Å². The van der Waals surface area contributed by atoms with Crippen LogP contribution in [0.15, 0.2) is 97.7 Å². The first-order chi connectivity index (χ1) is 27.9. The Morgan fingerprint density at radius 1 is 0.407 bits per heavy atom. The van der Waals surface area contributed by atoms with E-state index < -0.39 is 8.58 Å². The van der Waals surface area contributed by atoms with E-state index in [-0.39, 0.29) is 0 Å². The molecule has 312 valence electrons. The second-order valence-corrected chi connectivity index (χ2v) is 20.8. The number of imidazole rings is 2. The summed E-state index contributed by atoms with van der Waals surface area (Å²) in [4.78, 5) is 0. The minimum Gasteiger partial charge on any atom is -0.197 e. The van der Waals surface area contributed by atoms with Crippen molar-refractivity contribution in [3.63, 3.8) is 0 Å². The smallest absolute Gasteiger partial charge is 0.197 e. The van der Waals surface area contributed by atoms with E-state index in [0.717, 1.165) is 0 Å². The fourth-order valence-electron chi connectivity index (χ4n) is 9.08. The van der Waals surface area contributed by atoms with Crippen molar-refractivity contribution in [3.05, 3.63) is 142 Å². The molecule has 0 radical (unpaired) electrons. The maximum Gasteiger partial charge on any atom is 0.410 e. The van der Waals surface area contributed by atoms with Gasteiger partial charge in [-0.3, -0.25) is 0 Å². The maximum atomic E-state index is 2.61. The van der Waals surface area contributed by atoms with Crippen LogP contribution in [0, 0.1) is 0 Å². The third-order valence-electron chi connectivity index (χ3n) is 12.3. The summed E-state index contributed by atoms with van der Waals surface area (Å²) in [5, 5.41) is 0. The van der Waals surface area contributed by atoms with Gasteiger partial charge >= 0.3 is 5.57 Å². The SMILES string of the molecule is CC(C)c1cccc(C(C)C)c1-n1c[n+](-c2c(C(C)C)cccc2C(C)C)cc1[PH2+]c1n(-c2c(C(C)C)cccc2C(C)C)cc[n+]1-c1c(C(C)C)cccc1C(C)C. The Bertz CT molecular complexity index is 2210. The van der Waals surface area contributed by atoms with Gasteiger partial charge in [0.05, 0.1) is 0 Å². The molecule has 2 heterocycles. The molecular formula is C54H74N4P+3. The van der Waals surface area contributed by atoms with Crippen LogP contribution in [-0.4, -0.2) is 9.13 Å². The summed E-state index contributed by atoms with van der Waals surface area (Å²) in [5.74, 6) is 2.98. The molecule has 0 aliphatic carbocycles. The molecule has 4 nitrogen and oxygen atoms in total. The third-order valence-corrected chi connectivity index (χ3v) is 13.8. The molecule has 0 saturated carbocycles. The number of benzene rings is 4. The van der Waals surface area contributed by atoms with Gasteiger partial charge in [-0.1, -0.05) is 184 Å². The van der Waals surface area contributed by atoms with Gasteiger partial charge in [0.1, 0.15) is 35.1 Å². The largest absolute Gasteiger partial charge is 0.410 e. The normalized spacial score (nSPS) is 12.5. The van der Waals surface area contributed by atoms with E-state index in [4.69, 9.17) is 0 Å². The fourth-order valence-corrected chi connectivity index (χ4v) is 10.6. The number of hydrogen-bond acceptors (Lipinski definition) is 0. The summed E-state index contributed by atoms with van der Waals surface area (Å²) in [7, 11) is -0.451. The average Bonchev–Trinajstić information content (AvgIpc) is 3.80. The zero-order chi connectivity index (χ0) is 43.0. The molecule has 5 heteroatoms. The van der Waals surface area contributed by atoms with Gasteiger partial charge < -0.3 is 0 Å². The van der Waals surface area contributed by atoms with Crippen LogP contribution in [0.3, 0.4) is 0 Å². The second kappa shape index (κ2) is 18.1. The topological polar surface area (TPSA) is 17.6 Å². The predicted molar refractivity (Wildman–Crippen MR) is 256 cm³/mol. The first-order valence-corrected chi connectivity index (χ1v) is 23.7. The van der Waals surface area contributed by atoms with E-state index >= 15 is 0 Å². The van der Waals surface area contributed by atoms with Crippen LogP contribution in [-0.2, 0) is 0 Å². The van der Waals surface area contributed by atoms with Crippen LogP contribution >= 0.6 is 8.58 Å². The average molecular weight is 810 g/mol. The zero-order valence-corrected chi connectivity index (χ0v) is 40.4. The van der Waals surface area contributed by atoms with Crippen molar-refractivity contribution in [2.75, 3.05) is 0 Å². The Labute approximate surface area is 359 Å². The van der Waals surface area contributed by atoms with E-state index in [1.54, 1.807) is 0 Å². The highest BCUT2D eigenvalue weighted by atomic mass is 31.1. The van der Waals surface area contributed by atoms with E-state index in [1.165, 1.54) is 78.3 Å². The molecule has 59 heavy (non-hydrogen) atoms. The van der Waals surface area contributed by atoms with Crippen LogP contribution < -0.4 is 20.1 Å². The first kappa shape index (κ1) is 44.3. The lowest BCUT2D eigenvalue weighted by Crippen LogP contribution is -2.47. The van der Waals surface area contributed by atoms with E-state index in [9.17, 15) is 0 Å². The standard InChI is InChI=1S/C54H73N4P/c1-33(2)41-21-17-22-42(34(3)4)50(41)55-31-49(58(32-55)53-47(39(13)14)27-20-28-48(53)40(15)16)59-54-56(51-43(35(5)6)23-18-24-44(51)36(7)8)29-30-57(54)52-45(37(9)10)25-19-26-46(52)38(11)12/h17-40,59H,1-16H3/q+2/p+1. The molecule has 0 fully saturated rings. The summed E-state index contributed by atoms with van der Waals surface area (Å²) in [6.45, 7) is 37.5. The highest BCUT2D eigenvalue weighted by molar-refractivity contribution is 7.54. The quantitative estimate of drug-likeness (QED) is 0.0770. The Kier molecular flexibility index (Phi) is 13.6. The van der Waals surface area contributed by atoms with Gasteiger partial charge in [-0.2, -0.15) is 18.3 Å². The van der Waals surface area contributed by atoms with Gasteiger partial charge in [0.15, 0.2) is 14.8 Å². The van der Waals surface area contributed by atoms with Gasteiger partial charge in [0.25, 0.3) is 11.8 Å². The van der Waals surface area contributed by atoms with Crippen LogP contribution in [0.5, 0.6) is 0 Å². The highest BCUT2D eigenvalue weighted by Crippen LogP contribution is 2.36. The minimum atomic E-state index is -0.451. The number of hydrogen-bond donors (Lipinski definition) is 0. The van der Waals surface area contributed by atoms with Crippen molar-refractivity contribution in [3.8, 4) is 22.7 Å². The lowest BCUT2D eigenvalue weighted by molar-refractivity contribution is -0.595. The number of aromatic nitrogens is 4. The molecule has 0 spiro atoms. The van der Waals surface area contributed by atoms with E-state index in [0.29, 0.717) is 47.3 Å². The van der Waals surface area contributed by atoms with Gasteiger partial charge in [-0.05, 0) is 47.3 Å². The monoisotopic (exact) mass is 810 g/mol. The minimum absolute atomic E-state index is 0.364. The van der Waals surface area contributed by atoms with Crippen LogP contribution in [0.1, 0.15) is 203 Å². The molecule has 6 aromatic rings. The van der Waals surface area contributed by atoms with E-state index in [2.05, 4.69) is 227 Å². The Morgan fingerprint density at radius 3 is 1.08 bits per heavy atom. The molecule has 0 amide bonds. The van der Waals surface area contributed by atoms with Crippen LogP contribution in [0.25, 0.3) is 22.7 Å². The number of rotatable bonds is 14. The molecule has 4 aromatic carbocycles. The van der Waals surface area contributed by atoms with Crippen LogP contribution in [0.4, 0.5) is 0 Å². The number of para-hydroxylation sites is 4. The molecule has 0 aliphatic heterocycles. The molecule has 0 N–H and O–H groups in total. The van der Waals surface area contributed by atoms with Gasteiger partial charge in [-0.15, -0.1) is 0 Å². The maximum absolute atomic E-state index is 2.61. The molecule has 2 aromatic heterocycles. The fraction of sp³-hybridized carbons (Fsp3) is 0.444. The van der Waals surface area contributed by atoms with Gasteiger partial charge in [0.2, 0.25) is 0 Å². The summed E-state index contributed by atoms with van der Waals surface area (Å²) < 4.78 is 10.3. The first-order valence-electron chi connectivity index (χ1n) is 22.6. The molecule has 0 aliphatic rings. The Balaban J connectivity index is 1.79. The molecule has 1 unspecified atom stereocenters. The summed E-state index contributed by atoms with van der Waals surface area (Å²) in [6.07, 6.45) is 9.69. The van der Waals surface area contributed by atoms with E-state index in [1.807, 2.05) is 0 Å². The van der Waals surface area contributed by atoms with Crippen molar-refractivity contribution in [1.29, 1.82) is 0 Å². The molecular weight excluding hydrogens is 736 g/mol. The van der Waals surface area contributed by atoms with Crippen molar-refractivity contribution < 1.29 is 9.13 Å². The predicted octanol–water partition coefficient (Wildman–Crippen LogP) is 13.2. The lowest BCUT2D eigenvalue weighted by Gasteiger charge is -2.18. The van der Waals surface area contributed by atoms with Crippen molar-refractivity contribution in [2.24, 2.45) is 0 Å².